The van der Waals surface area contributed by atoms with Gasteiger partial charge in [-0.05, 0) is 32.7 Å². The van der Waals surface area contributed by atoms with Crippen LogP contribution in [0.4, 0.5) is 0 Å². The third-order valence-electron chi connectivity index (χ3n) is 2.36. The minimum absolute atomic E-state index is 0.143. The summed E-state index contributed by atoms with van der Waals surface area (Å²) in [6.07, 6.45) is 4.38. The largest absolute Gasteiger partial charge is 0.354 e. The minimum Gasteiger partial charge on any atom is -0.354 e. The molecule has 0 aromatic carbocycles. The molecule has 0 aromatic heterocycles. The van der Waals surface area contributed by atoms with Crippen molar-refractivity contribution < 1.29 is 4.79 Å². The van der Waals surface area contributed by atoms with Crippen LogP contribution in [0.25, 0.3) is 0 Å². The first kappa shape index (κ1) is 15.4. The zero-order chi connectivity index (χ0) is 12.4. The van der Waals surface area contributed by atoms with Crippen molar-refractivity contribution >= 4 is 5.91 Å². The molecular weight excluding hydrogens is 200 g/mol. The number of carbonyl (C=O) groups excluding carboxylic acids is 1. The molecule has 96 valence electrons. The van der Waals surface area contributed by atoms with Crippen LogP contribution in [0.5, 0.6) is 0 Å². The minimum atomic E-state index is 0.143. The molecule has 0 atom stereocenters. The van der Waals surface area contributed by atoms with Crippen LogP contribution in [0.2, 0.25) is 0 Å². The monoisotopic (exact) mass is 228 g/mol. The van der Waals surface area contributed by atoms with Crippen molar-refractivity contribution in [2.75, 3.05) is 13.1 Å². The maximum absolute atomic E-state index is 11.3. The van der Waals surface area contributed by atoms with Crippen molar-refractivity contribution in [1.29, 1.82) is 0 Å². The van der Waals surface area contributed by atoms with E-state index in [4.69, 9.17) is 0 Å². The Morgan fingerprint density at radius 3 is 2.31 bits per heavy atom. The van der Waals surface area contributed by atoms with Gasteiger partial charge in [-0.1, -0.05) is 26.7 Å². The zero-order valence-corrected chi connectivity index (χ0v) is 11.3. The van der Waals surface area contributed by atoms with E-state index in [1.165, 1.54) is 19.3 Å². The smallest absolute Gasteiger partial charge is 0.221 e. The Hall–Kier alpha value is -0.570. The van der Waals surface area contributed by atoms with Gasteiger partial charge < -0.3 is 10.6 Å². The van der Waals surface area contributed by atoms with Gasteiger partial charge in [0.25, 0.3) is 0 Å². The number of unbranched alkanes of at least 4 members (excludes halogenated alkanes) is 1. The highest BCUT2D eigenvalue weighted by molar-refractivity contribution is 5.76. The third-order valence-corrected chi connectivity index (χ3v) is 2.36. The Kier molecular flexibility index (Phi) is 9.30. The highest BCUT2D eigenvalue weighted by atomic mass is 16.1. The van der Waals surface area contributed by atoms with Gasteiger partial charge in [0.2, 0.25) is 5.91 Å². The lowest BCUT2D eigenvalue weighted by Gasteiger charge is -2.09. The molecule has 0 bridgehead atoms. The lowest BCUT2D eigenvalue weighted by Crippen LogP contribution is -2.32. The first-order valence-corrected chi connectivity index (χ1v) is 6.52. The molecule has 3 nitrogen and oxygen atoms in total. The topological polar surface area (TPSA) is 41.1 Å². The van der Waals surface area contributed by atoms with Crippen LogP contribution in [-0.2, 0) is 4.79 Å². The van der Waals surface area contributed by atoms with E-state index >= 15 is 0 Å². The Bertz CT molecular complexity index is 179. The fourth-order valence-corrected chi connectivity index (χ4v) is 1.52. The summed E-state index contributed by atoms with van der Waals surface area (Å²) in [5, 5.41) is 6.18. The highest BCUT2D eigenvalue weighted by Gasteiger charge is 2.01. The Labute approximate surface area is 100 Å². The Morgan fingerprint density at radius 2 is 1.75 bits per heavy atom. The number of rotatable bonds is 9. The number of nitrogens with one attached hydrogen (secondary N) is 2. The zero-order valence-electron chi connectivity index (χ0n) is 11.3. The SMILES string of the molecule is CC(C)CCCCNCCC(=O)NC(C)C. The van der Waals surface area contributed by atoms with Crippen LogP contribution in [0, 0.1) is 5.92 Å². The standard InChI is InChI=1S/C13H28N2O/c1-11(2)7-5-6-9-14-10-8-13(16)15-12(3)4/h11-12,14H,5-10H2,1-4H3,(H,15,16). The van der Waals surface area contributed by atoms with Crippen molar-refractivity contribution in [3.05, 3.63) is 0 Å². The quantitative estimate of drug-likeness (QED) is 0.595. The summed E-state index contributed by atoms with van der Waals surface area (Å²) in [4.78, 5) is 11.3. The van der Waals surface area contributed by atoms with Gasteiger partial charge in [0.15, 0.2) is 0 Å². The van der Waals surface area contributed by atoms with E-state index in [0.717, 1.165) is 19.0 Å². The second kappa shape index (κ2) is 9.64. The molecule has 2 N–H and O–H groups in total. The molecule has 0 heterocycles. The fraction of sp³-hybridized carbons (Fsp3) is 0.923. The summed E-state index contributed by atoms with van der Waals surface area (Å²) in [7, 11) is 0. The molecule has 0 aliphatic rings. The van der Waals surface area contributed by atoms with Crippen molar-refractivity contribution in [3.8, 4) is 0 Å². The van der Waals surface area contributed by atoms with Gasteiger partial charge in [-0.3, -0.25) is 4.79 Å². The van der Waals surface area contributed by atoms with Gasteiger partial charge in [-0.2, -0.15) is 0 Å². The maximum atomic E-state index is 11.3. The summed E-state index contributed by atoms with van der Waals surface area (Å²) in [6.45, 7) is 10.3. The van der Waals surface area contributed by atoms with E-state index < -0.39 is 0 Å². The Balaban J connectivity index is 3.18. The van der Waals surface area contributed by atoms with Crippen molar-refractivity contribution in [2.45, 2.75) is 59.4 Å². The number of hydrogen-bond acceptors (Lipinski definition) is 2. The normalized spacial score (nSPS) is 11.1. The van der Waals surface area contributed by atoms with E-state index in [0.29, 0.717) is 6.42 Å². The maximum Gasteiger partial charge on any atom is 0.221 e. The van der Waals surface area contributed by atoms with Crippen LogP contribution < -0.4 is 10.6 Å². The summed E-state index contributed by atoms with van der Waals surface area (Å²) < 4.78 is 0. The van der Waals surface area contributed by atoms with Crippen LogP contribution >= 0.6 is 0 Å². The van der Waals surface area contributed by atoms with Crippen molar-refractivity contribution in [1.82, 2.24) is 10.6 Å². The van der Waals surface area contributed by atoms with Gasteiger partial charge in [0, 0.05) is 19.0 Å². The van der Waals surface area contributed by atoms with Crippen LogP contribution in [0.15, 0.2) is 0 Å². The van der Waals surface area contributed by atoms with Crippen LogP contribution in [0.3, 0.4) is 0 Å². The highest BCUT2D eigenvalue weighted by Crippen LogP contribution is 2.04. The average Bonchev–Trinajstić information content (AvgIpc) is 2.14. The Morgan fingerprint density at radius 1 is 1.06 bits per heavy atom. The first-order chi connectivity index (χ1) is 7.52. The molecule has 0 radical (unpaired) electrons. The molecule has 0 fully saturated rings. The molecule has 3 heteroatoms. The molecule has 0 aliphatic carbocycles. The van der Waals surface area contributed by atoms with E-state index in [-0.39, 0.29) is 11.9 Å². The fourth-order valence-electron chi connectivity index (χ4n) is 1.52. The molecule has 0 saturated heterocycles. The molecule has 0 spiro atoms. The third kappa shape index (κ3) is 11.5. The summed E-state index contributed by atoms with van der Waals surface area (Å²) in [5.74, 6) is 0.946. The van der Waals surface area contributed by atoms with Crippen LogP contribution in [0.1, 0.15) is 53.4 Å². The van der Waals surface area contributed by atoms with Gasteiger partial charge >= 0.3 is 0 Å². The van der Waals surface area contributed by atoms with E-state index in [1.54, 1.807) is 0 Å². The lowest BCUT2D eigenvalue weighted by molar-refractivity contribution is -0.121. The predicted molar refractivity (Wildman–Crippen MR) is 69.5 cm³/mol. The molecule has 0 saturated carbocycles. The van der Waals surface area contributed by atoms with Crippen molar-refractivity contribution in [3.63, 3.8) is 0 Å². The average molecular weight is 228 g/mol. The molecule has 1 amide bonds. The molecule has 16 heavy (non-hydrogen) atoms. The summed E-state index contributed by atoms with van der Waals surface area (Å²) in [6, 6.07) is 0.249. The van der Waals surface area contributed by atoms with E-state index in [1.807, 2.05) is 13.8 Å². The molecule has 0 rings (SSSR count). The predicted octanol–water partition coefficient (Wildman–Crippen LogP) is 2.32. The molecule has 0 unspecified atom stereocenters. The number of hydrogen-bond donors (Lipinski definition) is 2. The van der Waals surface area contributed by atoms with Crippen LogP contribution in [-0.4, -0.2) is 25.0 Å². The van der Waals surface area contributed by atoms with Gasteiger partial charge in [0.1, 0.15) is 0 Å². The van der Waals surface area contributed by atoms with E-state index in [2.05, 4.69) is 24.5 Å². The first-order valence-electron chi connectivity index (χ1n) is 6.52. The van der Waals surface area contributed by atoms with Gasteiger partial charge in [0.05, 0.1) is 0 Å². The molecular formula is C13H28N2O. The number of carbonyl (C=O) groups is 1. The molecule has 0 aliphatic heterocycles. The van der Waals surface area contributed by atoms with Gasteiger partial charge in [-0.25, -0.2) is 0 Å². The van der Waals surface area contributed by atoms with Crippen molar-refractivity contribution in [2.24, 2.45) is 5.92 Å². The summed E-state index contributed by atoms with van der Waals surface area (Å²) in [5.41, 5.74) is 0. The summed E-state index contributed by atoms with van der Waals surface area (Å²) >= 11 is 0. The lowest BCUT2D eigenvalue weighted by atomic mass is 10.1. The van der Waals surface area contributed by atoms with E-state index in [9.17, 15) is 4.79 Å². The number of amides is 1. The second-order valence-electron chi connectivity index (χ2n) is 5.11. The molecule has 0 aromatic rings. The second-order valence-corrected chi connectivity index (χ2v) is 5.11. The van der Waals surface area contributed by atoms with Gasteiger partial charge in [-0.15, -0.1) is 0 Å².